The molecule has 108 valence electrons. The van der Waals surface area contributed by atoms with Gasteiger partial charge in [-0.15, -0.1) is 11.8 Å². The van der Waals surface area contributed by atoms with E-state index in [1.165, 1.54) is 10.9 Å². The van der Waals surface area contributed by atoms with Crippen LogP contribution in [0.1, 0.15) is 24.5 Å². The molecule has 0 saturated carbocycles. The van der Waals surface area contributed by atoms with Gasteiger partial charge in [0.05, 0.1) is 5.25 Å². The molecule has 2 atom stereocenters. The fourth-order valence-corrected chi connectivity index (χ4v) is 4.06. The largest absolute Gasteiger partial charge is 0.337 e. The molecule has 3 heteroatoms. The average Bonchev–Trinajstić information content (AvgIpc) is 2.80. The van der Waals surface area contributed by atoms with Crippen molar-refractivity contribution in [3.63, 3.8) is 0 Å². The van der Waals surface area contributed by atoms with Crippen molar-refractivity contribution in [2.75, 3.05) is 0 Å². The predicted octanol–water partition coefficient (Wildman–Crippen LogP) is 3.72. The molecule has 3 rings (SSSR count). The molecule has 1 aliphatic heterocycles. The molecule has 0 radical (unpaired) electrons. The molecule has 0 spiro atoms. The summed E-state index contributed by atoms with van der Waals surface area (Å²) in [6, 6.07) is 20.2. The van der Waals surface area contributed by atoms with Gasteiger partial charge in [-0.25, -0.2) is 0 Å². The Labute approximate surface area is 131 Å². The molecule has 1 aliphatic rings. The number of carbonyl (C=O) groups is 1. The summed E-state index contributed by atoms with van der Waals surface area (Å²) in [5, 5.41) is 1.02. The van der Waals surface area contributed by atoms with Crippen molar-refractivity contribution >= 4 is 17.7 Å². The van der Waals surface area contributed by atoms with Gasteiger partial charge in [-0.05, 0) is 30.9 Å². The maximum Gasteiger partial charge on any atom is 0.234 e. The van der Waals surface area contributed by atoms with Crippen molar-refractivity contribution in [1.29, 1.82) is 0 Å². The quantitative estimate of drug-likeness (QED) is 0.932. The van der Waals surface area contributed by atoms with Gasteiger partial charge in [0.2, 0.25) is 5.91 Å². The molecule has 1 fully saturated rings. The standard InChI is InChI=1S/C18H19NOS/c1-14-17(20)19-18(21-14,16-10-6-3-7-11-16)13-12-15-8-4-2-5-9-15/h2-11,14H,12-13H2,1H3,(H,19,20)/i/hD. The number of thioether (sulfide) groups is 1. The van der Waals surface area contributed by atoms with E-state index < -0.39 is 4.87 Å². The Morgan fingerprint density at radius 1 is 1.14 bits per heavy atom. The highest BCUT2D eigenvalue weighted by molar-refractivity contribution is 8.02. The first kappa shape index (κ1) is 13.0. The molecule has 2 nitrogen and oxygen atoms in total. The number of hydrogen-bond donors (Lipinski definition) is 1. The molecule has 1 saturated heterocycles. The van der Waals surface area contributed by atoms with Crippen molar-refractivity contribution < 1.29 is 6.21 Å². The van der Waals surface area contributed by atoms with Crippen LogP contribution >= 0.6 is 11.8 Å². The zero-order valence-corrected chi connectivity index (χ0v) is 12.8. The van der Waals surface area contributed by atoms with Crippen LogP contribution < -0.4 is 5.31 Å². The summed E-state index contributed by atoms with van der Waals surface area (Å²) in [5.41, 5.74) is 2.27. The summed E-state index contributed by atoms with van der Waals surface area (Å²) >= 11 is 1.59. The van der Waals surface area contributed by atoms with E-state index in [0.717, 1.165) is 18.4 Å². The first-order valence-corrected chi connectivity index (χ1v) is 8.12. The summed E-state index contributed by atoms with van der Waals surface area (Å²) < 4.78 is 8.34. The van der Waals surface area contributed by atoms with Crippen LogP contribution in [0, 0.1) is 0 Å². The molecule has 2 aromatic carbocycles. The van der Waals surface area contributed by atoms with E-state index in [9.17, 15) is 4.79 Å². The Kier molecular flexibility index (Phi) is 3.67. The van der Waals surface area contributed by atoms with Crippen LogP contribution in [-0.2, 0) is 16.1 Å². The van der Waals surface area contributed by atoms with Crippen molar-refractivity contribution in [2.45, 2.75) is 29.9 Å². The van der Waals surface area contributed by atoms with Gasteiger partial charge < -0.3 is 5.31 Å². The molecule has 1 heterocycles. The second-order valence-electron chi connectivity index (χ2n) is 5.35. The lowest BCUT2D eigenvalue weighted by Gasteiger charge is -2.29. The Bertz CT molecular complexity index is 649. The fraction of sp³-hybridized carbons (Fsp3) is 0.278. The topological polar surface area (TPSA) is 29.1 Å². The van der Waals surface area contributed by atoms with E-state index in [1.807, 2.05) is 55.5 Å². The van der Waals surface area contributed by atoms with Gasteiger partial charge >= 0.3 is 0 Å². The van der Waals surface area contributed by atoms with Crippen LogP contribution in [0.2, 0.25) is 1.41 Å². The molecular weight excluding hydrogens is 278 g/mol. The van der Waals surface area contributed by atoms with E-state index >= 15 is 0 Å². The molecule has 2 unspecified atom stereocenters. The number of amides is 1. The van der Waals surface area contributed by atoms with Gasteiger partial charge in [-0.1, -0.05) is 60.7 Å². The van der Waals surface area contributed by atoms with Crippen molar-refractivity contribution in [1.82, 2.24) is 5.31 Å². The minimum Gasteiger partial charge on any atom is -0.337 e. The van der Waals surface area contributed by atoms with Crippen molar-refractivity contribution in [3.8, 4) is 0 Å². The SMILES string of the molecule is [2H]N1C(=O)C(C)SC1(CCc1ccccc1)c1ccccc1. The first-order valence-electron chi connectivity index (χ1n) is 7.68. The van der Waals surface area contributed by atoms with E-state index in [4.69, 9.17) is 1.41 Å². The maximum atomic E-state index is 12.2. The number of carbonyl (C=O) groups excluding carboxylic acids is 1. The smallest absolute Gasteiger partial charge is 0.234 e. The summed E-state index contributed by atoms with van der Waals surface area (Å²) in [5.74, 6) is -0.109. The lowest BCUT2D eigenvalue weighted by atomic mass is 9.98. The highest BCUT2D eigenvalue weighted by Gasteiger charge is 2.43. The Morgan fingerprint density at radius 2 is 1.76 bits per heavy atom. The first-order chi connectivity index (χ1) is 10.6. The van der Waals surface area contributed by atoms with Crippen LogP contribution in [0.25, 0.3) is 0 Å². The second-order valence-corrected chi connectivity index (χ2v) is 6.96. The zero-order valence-electron chi connectivity index (χ0n) is 13.0. The highest BCUT2D eigenvalue weighted by Crippen LogP contribution is 2.45. The number of aryl methyl sites for hydroxylation is 1. The number of hydrogen-bond acceptors (Lipinski definition) is 2. The number of benzene rings is 2. The molecule has 2 aromatic rings. The second kappa shape index (κ2) is 5.94. The third-order valence-electron chi connectivity index (χ3n) is 3.83. The van der Waals surface area contributed by atoms with Gasteiger partial charge in [-0.2, -0.15) is 0 Å². The monoisotopic (exact) mass is 298 g/mol. The van der Waals surface area contributed by atoms with Gasteiger partial charge in [-0.3, -0.25) is 4.79 Å². The lowest BCUT2D eigenvalue weighted by molar-refractivity contribution is -0.120. The zero-order chi connectivity index (χ0) is 15.6. The summed E-state index contributed by atoms with van der Waals surface area (Å²) in [4.78, 5) is 11.6. The molecule has 1 amide bonds. The van der Waals surface area contributed by atoms with Crippen LogP contribution in [-0.4, -0.2) is 11.2 Å². The molecule has 0 aromatic heterocycles. The van der Waals surface area contributed by atoms with Gasteiger partial charge in [0.15, 0.2) is 1.41 Å². The van der Waals surface area contributed by atoms with Gasteiger partial charge in [0.1, 0.15) is 4.87 Å². The minimum atomic E-state index is -0.590. The highest BCUT2D eigenvalue weighted by atomic mass is 32.2. The Hall–Kier alpha value is -1.74. The fourth-order valence-electron chi connectivity index (χ4n) is 2.69. The molecule has 0 bridgehead atoms. The number of rotatable bonds is 4. The van der Waals surface area contributed by atoms with Crippen LogP contribution in [0.5, 0.6) is 0 Å². The average molecular weight is 298 g/mol. The molecule has 0 aliphatic carbocycles. The summed E-state index contributed by atoms with van der Waals surface area (Å²) in [7, 11) is 0. The van der Waals surface area contributed by atoms with E-state index in [2.05, 4.69) is 12.1 Å². The lowest BCUT2D eigenvalue weighted by Crippen LogP contribution is -2.37. The number of nitrogens with one attached hydrogen (secondary N) is 1. The third-order valence-corrected chi connectivity index (χ3v) is 5.31. The molecule has 1 N–H and O–H groups in total. The minimum absolute atomic E-state index is 0.109. The maximum absolute atomic E-state index is 12.2. The van der Waals surface area contributed by atoms with Crippen LogP contribution in [0.15, 0.2) is 60.7 Å². The third kappa shape index (κ3) is 2.98. The Morgan fingerprint density at radius 3 is 2.33 bits per heavy atom. The van der Waals surface area contributed by atoms with Gasteiger partial charge in [0, 0.05) is 0 Å². The van der Waals surface area contributed by atoms with Crippen molar-refractivity contribution in [3.05, 3.63) is 71.8 Å². The molecular formula is C18H19NOS. The summed E-state index contributed by atoms with van der Waals surface area (Å²) in [6.07, 6.45) is 1.59. The van der Waals surface area contributed by atoms with E-state index in [-0.39, 0.29) is 11.2 Å². The van der Waals surface area contributed by atoms with E-state index in [1.54, 1.807) is 11.8 Å². The summed E-state index contributed by atoms with van der Waals surface area (Å²) in [6.45, 7) is 1.89. The van der Waals surface area contributed by atoms with Gasteiger partial charge in [0.25, 0.3) is 0 Å². The molecule has 21 heavy (non-hydrogen) atoms. The Balaban J connectivity index is 1.92. The predicted molar refractivity (Wildman–Crippen MR) is 88.1 cm³/mol. The van der Waals surface area contributed by atoms with Crippen LogP contribution in [0.3, 0.4) is 0 Å². The van der Waals surface area contributed by atoms with E-state index in [0.29, 0.717) is 0 Å². The van der Waals surface area contributed by atoms with Crippen molar-refractivity contribution in [2.24, 2.45) is 0 Å². The van der Waals surface area contributed by atoms with Crippen LogP contribution in [0.4, 0.5) is 0 Å². The normalized spacial score (nSPS) is 26.0.